The highest BCUT2D eigenvalue weighted by Crippen LogP contribution is 2.39. The normalized spacial score (nSPS) is 27.5. The number of nitrogens with one attached hydrogen (secondary N) is 1. The Balaban J connectivity index is 1.63. The number of amides is 1. The van der Waals surface area contributed by atoms with Gasteiger partial charge in [-0.15, -0.1) is 0 Å². The van der Waals surface area contributed by atoms with E-state index in [2.05, 4.69) is 5.32 Å². The van der Waals surface area contributed by atoms with E-state index in [1.807, 2.05) is 4.90 Å². The van der Waals surface area contributed by atoms with Crippen LogP contribution in [0.5, 0.6) is 0 Å². The molecule has 0 bridgehead atoms. The Hall–Kier alpha value is -2.03. The zero-order chi connectivity index (χ0) is 20.5. The van der Waals surface area contributed by atoms with Gasteiger partial charge in [0.15, 0.2) is 0 Å². The van der Waals surface area contributed by atoms with Gasteiger partial charge in [-0.25, -0.2) is 4.39 Å². The van der Waals surface area contributed by atoms with Gasteiger partial charge >= 0.3 is 5.97 Å². The molecule has 2 heterocycles. The molecule has 2 fully saturated rings. The topological polar surface area (TPSA) is 99.1 Å². The first kappa shape index (κ1) is 20.7. The van der Waals surface area contributed by atoms with E-state index in [1.165, 1.54) is 12.1 Å². The Morgan fingerprint density at radius 3 is 2.64 bits per heavy atom. The molecule has 1 spiro atoms. The van der Waals surface area contributed by atoms with Crippen molar-refractivity contribution in [3.05, 3.63) is 35.1 Å². The van der Waals surface area contributed by atoms with Crippen LogP contribution in [0, 0.1) is 12.7 Å². The van der Waals surface area contributed by atoms with Gasteiger partial charge in [-0.1, -0.05) is 6.07 Å². The van der Waals surface area contributed by atoms with E-state index in [0.717, 1.165) is 0 Å². The van der Waals surface area contributed by atoms with Gasteiger partial charge in [0.1, 0.15) is 5.82 Å². The summed E-state index contributed by atoms with van der Waals surface area (Å²) in [5, 5.41) is 22.7. The molecule has 2 aliphatic rings. The molecule has 1 aromatic carbocycles. The highest BCUT2D eigenvalue weighted by molar-refractivity contribution is 5.95. The number of aliphatic carboxylic acids is 1. The number of carboxylic acid groups (broad SMARTS) is 1. The summed E-state index contributed by atoms with van der Waals surface area (Å²) in [5.41, 5.74) is -0.825. The van der Waals surface area contributed by atoms with Crippen molar-refractivity contribution >= 4 is 11.9 Å². The monoisotopic (exact) mass is 394 g/mol. The lowest BCUT2D eigenvalue weighted by atomic mass is 9.75. The van der Waals surface area contributed by atoms with Crippen LogP contribution in [0.25, 0.3) is 0 Å². The summed E-state index contributed by atoms with van der Waals surface area (Å²) in [6.45, 7) is 4.71. The van der Waals surface area contributed by atoms with E-state index in [0.29, 0.717) is 37.9 Å². The molecular weight excluding hydrogens is 367 g/mol. The fourth-order valence-corrected chi connectivity index (χ4v) is 4.17. The predicted octanol–water partition coefficient (Wildman–Crippen LogP) is 1.32. The maximum atomic E-state index is 13.5. The number of ether oxygens (including phenoxy) is 1. The molecule has 1 aromatic rings. The number of carboxylic acids is 1. The average molecular weight is 394 g/mol. The highest BCUT2D eigenvalue weighted by Gasteiger charge is 2.49. The summed E-state index contributed by atoms with van der Waals surface area (Å²) in [6, 6.07) is 3.40. The van der Waals surface area contributed by atoms with Crippen molar-refractivity contribution in [1.29, 1.82) is 0 Å². The second-order valence-electron chi connectivity index (χ2n) is 8.18. The quantitative estimate of drug-likeness (QED) is 0.713. The largest absolute Gasteiger partial charge is 0.480 e. The number of aliphatic hydroxyl groups is 1. The molecule has 0 saturated carbocycles. The second-order valence-corrected chi connectivity index (χ2v) is 8.18. The molecule has 2 saturated heterocycles. The van der Waals surface area contributed by atoms with Crippen LogP contribution in [0.15, 0.2) is 18.2 Å². The smallest absolute Gasteiger partial charge is 0.317 e. The first-order valence-corrected chi connectivity index (χ1v) is 9.48. The Labute approximate surface area is 163 Å². The minimum atomic E-state index is -1.19. The molecule has 0 aromatic heterocycles. The number of carbonyl (C=O) groups is 2. The third-order valence-electron chi connectivity index (χ3n) is 5.86. The number of piperidine rings is 1. The summed E-state index contributed by atoms with van der Waals surface area (Å²) in [4.78, 5) is 25.3. The number of hydrogen-bond donors (Lipinski definition) is 3. The molecule has 3 N–H and O–H groups in total. The van der Waals surface area contributed by atoms with Crippen molar-refractivity contribution in [2.45, 2.75) is 50.4 Å². The number of rotatable bonds is 4. The van der Waals surface area contributed by atoms with Crippen LogP contribution >= 0.6 is 0 Å². The molecule has 2 aliphatic heterocycles. The number of benzene rings is 1. The number of nitrogens with zero attached hydrogens (tertiary/aromatic N) is 1. The molecule has 7 nitrogen and oxygen atoms in total. The minimum absolute atomic E-state index is 0.00184. The van der Waals surface area contributed by atoms with Crippen molar-refractivity contribution in [2.24, 2.45) is 0 Å². The number of likely N-dealkylation sites (tertiary alicyclic amines) is 1. The molecule has 0 radical (unpaired) electrons. The van der Waals surface area contributed by atoms with Gasteiger partial charge in [0.2, 0.25) is 0 Å². The van der Waals surface area contributed by atoms with Crippen molar-refractivity contribution in [3.8, 4) is 0 Å². The van der Waals surface area contributed by atoms with Gasteiger partial charge in [-0.2, -0.15) is 0 Å². The molecule has 2 atom stereocenters. The van der Waals surface area contributed by atoms with Crippen LogP contribution in [0.3, 0.4) is 0 Å². The predicted molar refractivity (Wildman–Crippen MR) is 99.6 cm³/mol. The molecule has 28 heavy (non-hydrogen) atoms. The third kappa shape index (κ3) is 4.51. The van der Waals surface area contributed by atoms with Crippen molar-refractivity contribution in [2.75, 3.05) is 26.2 Å². The van der Waals surface area contributed by atoms with E-state index >= 15 is 0 Å². The maximum Gasteiger partial charge on any atom is 0.317 e. The Kier molecular flexibility index (Phi) is 5.74. The van der Waals surface area contributed by atoms with Gasteiger partial charge in [-0.05, 0) is 44.4 Å². The Morgan fingerprint density at radius 2 is 2.04 bits per heavy atom. The first-order chi connectivity index (χ1) is 13.1. The van der Waals surface area contributed by atoms with Gasteiger partial charge in [0.25, 0.3) is 5.91 Å². The number of carbonyl (C=O) groups excluding carboxylic acids is 1. The fourth-order valence-electron chi connectivity index (χ4n) is 4.17. The van der Waals surface area contributed by atoms with E-state index < -0.39 is 34.9 Å². The van der Waals surface area contributed by atoms with Gasteiger partial charge < -0.3 is 20.3 Å². The molecule has 8 heteroatoms. The fraction of sp³-hybridized carbons (Fsp3) is 0.600. The van der Waals surface area contributed by atoms with Crippen LogP contribution in [-0.4, -0.2) is 70.5 Å². The molecule has 0 unspecified atom stereocenters. The standard InChI is InChI=1S/C20H27FN2O5/c1-13-3-4-14(21)9-15(13)18(26)22-16-11-28-20(12-19(16,2)27)5-7-23(8-6-20)10-17(24)25/h3-4,9,16,27H,5-8,10-12H2,1-2H3,(H,22,26)(H,24,25)/t16-,19-/m0/s1. The SMILES string of the molecule is Cc1ccc(F)cc1C(=O)N[C@H]1COC2(CCN(CC(=O)O)CC2)C[C@]1(C)O. The summed E-state index contributed by atoms with van der Waals surface area (Å²) in [5.74, 6) is -1.80. The van der Waals surface area contributed by atoms with Crippen LogP contribution in [0.1, 0.15) is 42.1 Å². The zero-order valence-corrected chi connectivity index (χ0v) is 16.2. The van der Waals surface area contributed by atoms with Crippen LogP contribution in [0.2, 0.25) is 0 Å². The van der Waals surface area contributed by atoms with Gasteiger partial charge in [0.05, 0.1) is 30.4 Å². The zero-order valence-electron chi connectivity index (χ0n) is 16.2. The van der Waals surface area contributed by atoms with Crippen LogP contribution < -0.4 is 5.32 Å². The third-order valence-corrected chi connectivity index (χ3v) is 5.86. The summed E-state index contributed by atoms with van der Waals surface area (Å²) in [7, 11) is 0. The van der Waals surface area contributed by atoms with E-state index in [9.17, 15) is 19.1 Å². The van der Waals surface area contributed by atoms with Crippen molar-refractivity contribution < 1.29 is 28.9 Å². The lowest BCUT2D eigenvalue weighted by Gasteiger charge is -2.51. The number of halogens is 1. The number of hydrogen-bond acceptors (Lipinski definition) is 5. The molecule has 3 rings (SSSR count). The Morgan fingerprint density at radius 1 is 1.36 bits per heavy atom. The van der Waals surface area contributed by atoms with Gasteiger partial charge in [0, 0.05) is 25.1 Å². The van der Waals surface area contributed by atoms with Gasteiger partial charge in [-0.3, -0.25) is 14.5 Å². The maximum absolute atomic E-state index is 13.5. The summed E-state index contributed by atoms with van der Waals surface area (Å²) in [6.07, 6.45) is 1.59. The lowest BCUT2D eigenvalue weighted by Crippen LogP contribution is -2.64. The van der Waals surface area contributed by atoms with E-state index in [-0.39, 0.29) is 18.7 Å². The first-order valence-electron chi connectivity index (χ1n) is 9.48. The van der Waals surface area contributed by atoms with Crippen LogP contribution in [-0.2, 0) is 9.53 Å². The molecule has 0 aliphatic carbocycles. The minimum Gasteiger partial charge on any atom is -0.480 e. The average Bonchev–Trinajstić information content (AvgIpc) is 2.61. The molecular formula is C20H27FN2O5. The van der Waals surface area contributed by atoms with Crippen molar-refractivity contribution in [1.82, 2.24) is 10.2 Å². The summed E-state index contributed by atoms with van der Waals surface area (Å²) < 4.78 is 19.6. The summed E-state index contributed by atoms with van der Waals surface area (Å²) >= 11 is 0. The lowest BCUT2D eigenvalue weighted by molar-refractivity contribution is -0.187. The van der Waals surface area contributed by atoms with E-state index in [4.69, 9.17) is 9.84 Å². The van der Waals surface area contributed by atoms with Crippen molar-refractivity contribution in [3.63, 3.8) is 0 Å². The number of aryl methyl sites for hydroxylation is 1. The highest BCUT2D eigenvalue weighted by atomic mass is 19.1. The molecule has 154 valence electrons. The van der Waals surface area contributed by atoms with E-state index in [1.54, 1.807) is 19.9 Å². The second kappa shape index (κ2) is 7.77. The Bertz CT molecular complexity index is 759. The molecule has 1 amide bonds. The van der Waals surface area contributed by atoms with Crippen LogP contribution in [0.4, 0.5) is 4.39 Å².